The molecule has 0 aliphatic rings. The molecule has 29 valence electrons. The molecule has 0 N–H and O–H groups in total. The first kappa shape index (κ1) is 4.95. The van der Waals surface area contributed by atoms with Gasteiger partial charge in [0.05, 0.1) is 0 Å². The SMILES string of the molecule is [O]=[Tb]([F])[F]. The monoisotopic (exact) mass is 213 g/mol. The average Bonchev–Trinajstić information content (AvgIpc) is 0.811. The molecule has 0 saturated carbocycles. The van der Waals surface area contributed by atoms with Gasteiger partial charge in [-0.15, -0.1) is 0 Å². The van der Waals surface area contributed by atoms with Crippen LogP contribution in [-0.4, -0.2) is 0 Å². The third-order valence-electron chi connectivity index (χ3n) is 0. The van der Waals surface area contributed by atoms with Crippen molar-refractivity contribution in [2.45, 2.75) is 0 Å². The van der Waals surface area contributed by atoms with E-state index in [0.717, 1.165) is 0 Å². The van der Waals surface area contributed by atoms with Gasteiger partial charge in [0.1, 0.15) is 0 Å². The van der Waals surface area contributed by atoms with Crippen molar-refractivity contribution in [3.63, 3.8) is 0 Å². The van der Waals surface area contributed by atoms with Crippen molar-refractivity contribution in [1.29, 1.82) is 0 Å². The molecule has 0 spiro atoms. The Morgan fingerprint density at radius 2 is 1.50 bits per heavy atom. The van der Waals surface area contributed by atoms with Gasteiger partial charge in [-0.3, -0.25) is 0 Å². The molecule has 0 heterocycles. The molecule has 0 fully saturated rings. The van der Waals surface area contributed by atoms with E-state index < -0.39 is 34.3 Å². The molecule has 0 saturated heterocycles. The molecule has 1 nitrogen and oxygen atoms in total. The summed E-state index contributed by atoms with van der Waals surface area (Å²) in [6.07, 6.45) is 0. The van der Waals surface area contributed by atoms with Gasteiger partial charge in [-0.05, 0) is 0 Å². The van der Waals surface area contributed by atoms with Crippen LogP contribution in [0.1, 0.15) is 0 Å². The van der Waals surface area contributed by atoms with Crippen molar-refractivity contribution < 1.29 is 38.2 Å². The minimum atomic E-state index is -4.58. The molecule has 0 aliphatic carbocycles. The first-order chi connectivity index (χ1) is 1.73. The number of hydrogen-bond acceptors (Lipinski definition) is 1. The van der Waals surface area contributed by atoms with Gasteiger partial charge in [0, 0.05) is 0 Å². The fourth-order valence-corrected chi connectivity index (χ4v) is 0. The third-order valence-corrected chi connectivity index (χ3v) is 0. The molecule has 0 radical (unpaired) electrons. The molecule has 0 aromatic heterocycles. The summed E-state index contributed by atoms with van der Waals surface area (Å²) < 4.78 is 28.2. The second-order valence-electron chi connectivity index (χ2n) is 0.150. The zero-order chi connectivity index (χ0) is 3.58. The maximum atomic E-state index is 9.94. The van der Waals surface area contributed by atoms with Crippen LogP contribution in [0, 0.1) is 34.3 Å². The van der Waals surface area contributed by atoms with Crippen molar-refractivity contribution in [2.75, 3.05) is 0 Å². The summed E-state index contributed by atoms with van der Waals surface area (Å²) in [6, 6.07) is 0. The summed E-state index contributed by atoms with van der Waals surface area (Å²) in [5.41, 5.74) is 0. The van der Waals surface area contributed by atoms with E-state index in [1.165, 1.54) is 0 Å². The van der Waals surface area contributed by atoms with E-state index in [9.17, 15) is 2.53 Å². The van der Waals surface area contributed by atoms with Crippen molar-refractivity contribution >= 4 is 0 Å². The van der Waals surface area contributed by atoms with Crippen molar-refractivity contribution in [3.05, 3.63) is 0 Å². The van der Waals surface area contributed by atoms with E-state index in [-0.39, 0.29) is 0 Å². The molecular formula is F2OTb. The van der Waals surface area contributed by atoms with Crippen LogP contribution in [0.25, 0.3) is 0 Å². The Morgan fingerprint density at radius 1 is 1.50 bits per heavy atom. The average molecular weight is 213 g/mol. The molecule has 0 unspecified atom stereocenters. The van der Waals surface area contributed by atoms with E-state index in [4.69, 9.17) is 1.33 Å². The molecular weight excluding hydrogens is 213 g/mol. The topological polar surface area (TPSA) is 17.1 Å². The van der Waals surface area contributed by atoms with E-state index in [0.29, 0.717) is 0 Å². The molecule has 0 aliphatic heterocycles. The Labute approximate surface area is 37.9 Å². The van der Waals surface area contributed by atoms with Gasteiger partial charge in [-0.2, -0.15) is 0 Å². The molecule has 0 rings (SSSR count). The van der Waals surface area contributed by atoms with E-state index >= 15 is 0 Å². The molecule has 0 amide bonds. The summed E-state index contributed by atoms with van der Waals surface area (Å²) in [5, 5.41) is 0. The summed E-state index contributed by atoms with van der Waals surface area (Å²) in [5.74, 6) is 0. The maximum absolute atomic E-state index is 9.94. The Kier molecular flexibility index (Phi) is 2.72. The van der Waals surface area contributed by atoms with Crippen molar-refractivity contribution in [1.82, 2.24) is 0 Å². The second-order valence-corrected chi connectivity index (χ2v) is 1.12. The van der Waals surface area contributed by atoms with Gasteiger partial charge in [0.25, 0.3) is 0 Å². The Morgan fingerprint density at radius 3 is 1.50 bits per heavy atom. The Balaban J connectivity index is 2.80. The number of halogens is 2. The van der Waals surface area contributed by atoms with Gasteiger partial charge in [0.2, 0.25) is 0 Å². The van der Waals surface area contributed by atoms with E-state index in [1.54, 1.807) is 0 Å². The fourth-order valence-electron chi connectivity index (χ4n) is 0. The Hall–Kier alpha value is 0.946. The van der Waals surface area contributed by atoms with Crippen molar-refractivity contribution in [2.24, 2.45) is 0 Å². The predicted octanol–water partition coefficient (Wildman–Crippen LogP) is 0.722. The van der Waals surface area contributed by atoms with Crippen LogP contribution in [0.15, 0.2) is 0 Å². The van der Waals surface area contributed by atoms with Crippen LogP contribution in [-0.2, 0) is 1.33 Å². The zero-order valence-corrected chi connectivity index (χ0v) is 3.64. The molecule has 0 atom stereocenters. The van der Waals surface area contributed by atoms with Crippen LogP contribution in [0.4, 0.5) is 2.53 Å². The first-order valence-corrected chi connectivity index (χ1v) is 2.88. The molecule has 4 heavy (non-hydrogen) atoms. The summed E-state index contributed by atoms with van der Waals surface area (Å²) in [7, 11) is 0. The van der Waals surface area contributed by atoms with Crippen molar-refractivity contribution in [3.8, 4) is 0 Å². The molecule has 0 aromatic rings. The van der Waals surface area contributed by atoms with E-state index in [2.05, 4.69) is 0 Å². The number of rotatable bonds is 0. The van der Waals surface area contributed by atoms with E-state index in [1.807, 2.05) is 0 Å². The summed E-state index contributed by atoms with van der Waals surface area (Å²) in [4.78, 5) is 0. The second kappa shape index (κ2) is 2.20. The quantitative estimate of drug-likeness (QED) is 0.579. The molecule has 4 heteroatoms. The van der Waals surface area contributed by atoms with Gasteiger partial charge >= 0.3 is 38.2 Å². The standard InChI is InChI=1S/2FH.O.Tb/h2*1H;;/q;;;+2/p-2. The van der Waals surface area contributed by atoms with Gasteiger partial charge in [0.15, 0.2) is 0 Å². The third kappa shape index (κ3) is 12.5. The van der Waals surface area contributed by atoms with Gasteiger partial charge in [-0.1, -0.05) is 0 Å². The normalized spacial score (nSPS) is 11.0. The van der Waals surface area contributed by atoms with Gasteiger partial charge < -0.3 is 0 Å². The van der Waals surface area contributed by atoms with Crippen LogP contribution in [0.2, 0.25) is 0 Å². The zero-order valence-electron chi connectivity index (χ0n) is 1.50. The molecule has 0 bridgehead atoms. The van der Waals surface area contributed by atoms with Crippen LogP contribution in [0.3, 0.4) is 0 Å². The predicted molar refractivity (Wildman–Crippen MR) is 2.90 cm³/mol. The summed E-state index contributed by atoms with van der Waals surface area (Å²) >= 11 is -4.58. The fraction of sp³-hybridized carbons (Fsp3) is 0. The van der Waals surface area contributed by atoms with Crippen LogP contribution < -0.4 is 0 Å². The van der Waals surface area contributed by atoms with Crippen LogP contribution in [0.5, 0.6) is 0 Å². The molecule has 0 aromatic carbocycles. The Bertz CT molecular complexity index is 29.0. The van der Waals surface area contributed by atoms with Crippen LogP contribution >= 0.6 is 0 Å². The van der Waals surface area contributed by atoms with Gasteiger partial charge in [-0.25, -0.2) is 0 Å². The summed E-state index contributed by atoms with van der Waals surface area (Å²) in [6.45, 7) is 0. The first-order valence-electron chi connectivity index (χ1n) is 0.388. The number of hydrogen-bond donors (Lipinski definition) is 0. The minimum absolute atomic E-state index is 4.58.